The van der Waals surface area contributed by atoms with Crippen LogP contribution in [0.4, 0.5) is 0 Å². The molecule has 0 amide bonds. The SMILES string of the molecule is O=C(CC1(Br)C(=O)C(Br)=C(Br)C(=O)C1(Br)C(=O)c1ccccc1)c1ccccc1. The van der Waals surface area contributed by atoms with E-state index in [1.54, 1.807) is 60.7 Å². The molecule has 8 heteroatoms. The van der Waals surface area contributed by atoms with Crippen molar-refractivity contribution in [3.05, 3.63) is 80.8 Å². The van der Waals surface area contributed by atoms with Gasteiger partial charge in [0, 0.05) is 17.5 Å². The summed E-state index contributed by atoms with van der Waals surface area (Å²) in [5.41, 5.74) is 0.609. The maximum Gasteiger partial charge on any atom is 0.197 e. The highest BCUT2D eigenvalue weighted by Crippen LogP contribution is 2.53. The van der Waals surface area contributed by atoms with Crippen molar-refractivity contribution in [3.8, 4) is 0 Å². The smallest absolute Gasteiger partial charge is 0.197 e. The molecule has 0 radical (unpaired) electrons. The minimum Gasteiger partial charge on any atom is -0.294 e. The van der Waals surface area contributed by atoms with E-state index in [4.69, 9.17) is 0 Å². The highest BCUT2D eigenvalue weighted by Gasteiger charge is 2.66. The van der Waals surface area contributed by atoms with Crippen LogP contribution in [0.2, 0.25) is 0 Å². The van der Waals surface area contributed by atoms with Gasteiger partial charge in [0.15, 0.2) is 27.5 Å². The number of benzene rings is 2. The van der Waals surface area contributed by atoms with Crippen LogP contribution in [0.5, 0.6) is 0 Å². The molecular formula is C21H12Br4O4. The first-order chi connectivity index (χ1) is 13.6. The Balaban J connectivity index is 2.17. The second kappa shape index (κ2) is 8.49. The fourth-order valence-electron chi connectivity index (χ4n) is 3.08. The topological polar surface area (TPSA) is 68.3 Å². The normalized spacial score (nSPS) is 24.6. The van der Waals surface area contributed by atoms with Gasteiger partial charge in [0.25, 0.3) is 0 Å². The predicted octanol–water partition coefficient (Wildman–Crippen LogP) is 5.56. The van der Waals surface area contributed by atoms with Crippen LogP contribution in [-0.2, 0) is 9.59 Å². The molecule has 0 spiro atoms. The average Bonchev–Trinajstić information content (AvgIpc) is 2.76. The molecule has 4 nitrogen and oxygen atoms in total. The molecule has 148 valence electrons. The Morgan fingerprint density at radius 1 is 0.724 bits per heavy atom. The summed E-state index contributed by atoms with van der Waals surface area (Å²) in [5.74, 6) is -2.25. The minimum atomic E-state index is -2.01. The standard InChI is InChI=1S/C21H12Br4O4/c22-15-16(23)19(29)21(25,17(27)13-9-5-2-6-10-13)20(24,18(15)28)11-14(26)12-7-3-1-4-8-12/h1-10H,11H2. The van der Waals surface area contributed by atoms with Crippen molar-refractivity contribution in [2.75, 3.05) is 0 Å². The molecule has 29 heavy (non-hydrogen) atoms. The van der Waals surface area contributed by atoms with Crippen LogP contribution < -0.4 is 0 Å². The largest absolute Gasteiger partial charge is 0.294 e. The molecule has 0 aromatic heterocycles. The number of allylic oxidation sites excluding steroid dienone is 2. The molecule has 0 N–H and O–H groups in total. The summed E-state index contributed by atoms with van der Waals surface area (Å²) < 4.78 is -3.94. The molecule has 0 saturated carbocycles. The van der Waals surface area contributed by atoms with Crippen LogP contribution in [0, 0.1) is 0 Å². The first-order valence-electron chi connectivity index (χ1n) is 8.35. The van der Waals surface area contributed by atoms with Gasteiger partial charge in [-0.25, -0.2) is 0 Å². The van der Waals surface area contributed by atoms with Crippen molar-refractivity contribution in [2.45, 2.75) is 15.1 Å². The lowest BCUT2D eigenvalue weighted by Gasteiger charge is -2.42. The highest BCUT2D eigenvalue weighted by molar-refractivity contribution is 9.15. The second-order valence-electron chi connectivity index (χ2n) is 6.41. The molecule has 0 aliphatic heterocycles. The lowest BCUT2D eigenvalue weighted by Crippen LogP contribution is -2.63. The van der Waals surface area contributed by atoms with E-state index in [-0.39, 0.29) is 20.3 Å². The van der Waals surface area contributed by atoms with Crippen LogP contribution in [0.3, 0.4) is 0 Å². The maximum absolute atomic E-state index is 13.4. The molecule has 0 saturated heterocycles. The summed E-state index contributed by atoms with van der Waals surface area (Å²) in [4.78, 5) is 52.9. The van der Waals surface area contributed by atoms with E-state index in [1.807, 2.05) is 0 Å². The van der Waals surface area contributed by atoms with Crippen LogP contribution in [0.1, 0.15) is 27.1 Å². The highest BCUT2D eigenvalue weighted by atomic mass is 79.9. The van der Waals surface area contributed by atoms with Gasteiger partial charge >= 0.3 is 0 Å². The van der Waals surface area contributed by atoms with Gasteiger partial charge in [0.2, 0.25) is 0 Å². The summed E-state index contributed by atoms with van der Waals surface area (Å²) in [5, 5.41) is 0. The molecule has 2 aromatic carbocycles. The van der Waals surface area contributed by atoms with Crippen molar-refractivity contribution in [1.29, 1.82) is 0 Å². The minimum absolute atomic E-state index is 0.0313. The Morgan fingerprint density at radius 3 is 1.69 bits per heavy atom. The number of hydrogen-bond donors (Lipinski definition) is 0. The van der Waals surface area contributed by atoms with Gasteiger partial charge in [-0.05, 0) is 31.9 Å². The first-order valence-corrected chi connectivity index (χ1v) is 11.5. The number of carbonyl (C=O) groups is 4. The van der Waals surface area contributed by atoms with E-state index in [0.29, 0.717) is 5.56 Å². The van der Waals surface area contributed by atoms with Gasteiger partial charge in [-0.15, -0.1) is 0 Å². The Kier molecular flexibility index (Phi) is 6.58. The predicted molar refractivity (Wildman–Crippen MR) is 124 cm³/mol. The summed E-state index contributed by atoms with van der Waals surface area (Å²) in [6, 6.07) is 16.5. The number of halogens is 4. The summed E-state index contributed by atoms with van der Waals surface area (Å²) >= 11 is 12.9. The van der Waals surface area contributed by atoms with Crippen molar-refractivity contribution in [3.63, 3.8) is 0 Å². The third-order valence-electron chi connectivity index (χ3n) is 4.66. The average molecular weight is 648 g/mol. The van der Waals surface area contributed by atoms with Gasteiger partial charge in [-0.2, -0.15) is 0 Å². The Hall–Kier alpha value is -1.22. The number of carbonyl (C=O) groups excluding carboxylic acids is 4. The first kappa shape index (κ1) is 22.5. The molecule has 3 rings (SSSR count). The summed E-state index contributed by atoms with van der Waals surface area (Å²) in [6.07, 6.45) is -0.402. The molecule has 0 bridgehead atoms. The molecule has 2 atom stereocenters. The van der Waals surface area contributed by atoms with E-state index < -0.39 is 32.4 Å². The lowest BCUT2D eigenvalue weighted by atomic mass is 9.73. The third-order valence-corrected chi connectivity index (χ3v) is 9.87. The van der Waals surface area contributed by atoms with Crippen LogP contribution in [0.15, 0.2) is 69.6 Å². The Bertz CT molecular complexity index is 1050. The van der Waals surface area contributed by atoms with Crippen molar-refractivity contribution in [1.82, 2.24) is 0 Å². The molecular weight excluding hydrogens is 636 g/mol. The fourth-order valence-corrected chi connectivity index (χ4v) is 6.17. The number of Topliss-reactive ketones (excluding diaryl/α,β-unsaturated/α-hetero) is 4. The maximum atomic E-state index is 13.4. The van der Waals surface area contributed by atoms with Gasteiger partial charge in [-0.1, -0.05) is 92.5 Å². The number of rotatable bonds is 5. The molecule has 1 aliphatic carbocycles. The van der Waals surface area contributed by atoms with Crippen LogP contribution in [0.25, 0.3) is 0 Å². The second-order valence-corrected chi connectivity index (χ2v) is 10.5. The molecule has 2 aromatic rings. The third kappa shape index (κ3) is 3.69. The zero-order chi connectivity index (χ0) is 21.4. The zero-order valence-corrected chi connectivity index (χ0v) is 21.0. The molecule has 0 fully saturated rings. The quantitative estimate of drug-likeness (QED) is 0.242. The Morgan fingerprint density at radius 2 is 1.17 bits per heavy atom. The number of hydrogen-bond acceptors (Lipinski definition) is 4. The Labute approximate surface area is 200 Å². The molecule has 0 heterocycles. The van der Waals surface area contributed by atoms with Crippen LogP contribution >= 0.6 is 63.7 Å². The van der Waals surface area contributed by atoms with Gasteiger partial charge < -0.3 is 0 Å². The fraction of sp³-hybridized carbons (Fsp3) is 0.143. The summed E-state index contributed by atoms with van der Waals surface area (Å²) in [6.45, 7) is 0. The lowest BCUT2D eigenvalue weighted by molar-refractivity contribution is -0.124. The monoisotopic (exact) mass is 644 g/mol. The van der Waals surface area contributed by atoms with E-state index >= 15 is 0 Å². The van der Waals surface area contributed by atoms with Crippen molar-refractivity contribution in [2.24, 2.45) is 0 Å². The van der Waals surface area contributed by atoms with Gasteiger partial charge in [-0.3, -0.25) is 19.2 Å². The van der Waals surface area contributed by atoms with Crippen molar-refractivity contribution >= 4 is 86.9 Å². The van der Waals surface area contributed by atoms with E-state index in [9.17, 15) is 19.2 Å². The van der Waals surface area contributed by atoms with Crippen LogP contribution in [-0.4, -0.2) is 31.8 Å². The number of ketones is 4. The zero-order valence-electron chi connectivity index (χ0n) is 14.6. The molecule has 2 unspecified atom stereocenters. The van der Waals surface area contributed by atoms with E-state index in [1.165, 1.54) is 0 Å². The van der Waals surface area contributed by atoms with E-state index in [0.717, 1.165) is 0 Å². The van der Waals surface area contributed by atoms with Crippen molar-refractivity contribution < 1.29 is 19.2 Å². The summed E-state index contributed by atoms with van der Waals surface area (Å²) in [7, 11) is 0. The van der Waals surface area contributed by atoms with Gasteiger partial charge in [0.05, 0.1) is 8.96 Å². The number of alkyl halides is 2. The van der Waals surface area contributed by atoms with Gasteiger partial charge in [0.1, 0.15) is 4.32 Å². The van der Waals surface area contributed by atoms with E-state index in [2.05, 4.69) is 63.7 Å². The molecule has 1 aliphatic rings.